The monoisotopic (exact) mass is 422 g/mol. The van der Waals surface area contributed by atoms with Gasteiger partial charge in [-0.15, -0.1) is 0 Å². The molecule has 2 rings (SSSR count). The highest BCUT2D eigenvalue weighted by molar-refractivity contribution is 7.88. The molecular formula is C17H24Cl2N2O4S. The molecule has 1 saturated heterocycles. The highest BCUT2D eigenvalue weighted by Gasteiger charge is 2.33. The van der Waals surface area contributed by atoms with Crippen LogP contribution >= 0.6 is 23.2 Å². The fraction of sp³-hybridized carbons (Fsp3) is 0.588. The van der Waals surface area contributed by atoms with Crippen molar-refractivity contribution in [1.29, 1.82) is 0 Å². The smallest absolute Gasteiger partial charge is 0.224 e. The lowest BCUT2D eigenvalue weighted by Gasteiger charge is -2.32. The van der Waals surface area contributed by atoms with Gasteiger partial charge in [0.25, 0.3) is 0 Å². The maximum absolute atomic E-state index is 12.8. The molecule has 1 aliphatic rings. The number of methoxy groups -OCH3 is 1. The van der Waals surface area contributed by atoms with Crippen LogP contribution in [0.2, 0.25) is 10.0 Å². The highest BCUT2D eigenvalue weighted by atomic mass is 35.5. The van der Waals surface area contributed by atoms with Gasteiger partial charge in [-0.25, -0.2) is 12.7 Å². The van der Waals surface area contributed by atoms with Crippen LogP contribution in [-0.4, -0.2) is 51.5 Å². The molecule has 1 heterocycles. The molecule has 1 aromatic rings. The Hall–Kier alpha value is -0.860. The third-order valence-electron chi connectivity index (χ3n) is 4.31. The lowest BCUT2D eigenvalue weighted by molar-refractivity contribution is -0.127. The Bertz CT molecular complexity index is 742. The minimum Gasteiger partial charge on any atom is -0.383 e. The van der Waals surface area contributed by atoms with E-state index in [1.807, 2.05) is 6.92 Å². The number of amides is 1. The Kier molecular flexibility index (Phi) is 7.73. The Morgan fingerprint density at radius 3 is 2.81 bits per heavy atom. The van der Waals surface area contributed by atoms with Crippen molar-refractivity contribution < 1.29 is 17.9 Å². The number of hydrogen-bond donors (Lipinski definition) is 1. The van der Waals surface area contributed by atoms with Gasteiger partial charge >= 0.3 is 0 Å². The molecule has 1 N–H and O–H groups in total. The topological polar surface area (TPSA) is 75.7 Å². The second-order valence-electron chi connectivity index (χ2n) is 6.55. The number of rotatable bonds is 7. The molecular weight excluding hydrogens is 399 g/mol. The number of benzene rings is 1. The quantitative estimate of drug-likeness (QED) is 0.732. The van der Waals surface area contributed by atoms with Gasteiger partial charge in [0, 0.05) is 36.3 Å². The van der Waals surface area contributed by atoms with Crippen molar-refractivity contribution >= 4 is 39.1 Å². The maximum Gasteiger partial charge on any atom is 0.224 e. The molecule has 0 aromatic heterocycles. The van der Waals surface area contributed by atoms with E-state index in [0.29, 0.717) is 41.6 Å². The molecule has 0 bridgehead atoms. The molecule has 0 spiro atoms. The summed E-state index contributed by atoms with van der Waals surface area (Å²) in [6, 6.07) is 4.63. The standard InChI is InChI=1S/C17H24Cl2N2O4S/c1-12(10-25-2)20-17(22)13-4-3-7-21(9-13)26(23,24)11-14-5-6-15(18)8-16(14)19/h5-6,8,12-13H,3-4,7,9-11H2,1-2H3,(H,20,22)/t12-,13+/m0/s1. The first-order chi connectivity index (χ1) is 12.2. The van der Waals surface area contributed by atoms with Gasteiger partial charge in [0.15, 0.2) is 0 Å². The van der Waals surface area contributed by atoms with E-state index in [9.17, 15) is 13.2 Å². The molecule has 0 aliphatic carbocycles. The fourth-order valence-corrected chi connectivity index (χ4v) is 5.18. The van der Waals surface area contributed by atoms with E-state index in [1.54, 1.807) is 19.2 Å². The van der Waals surface area contributed by atoms with Gasteiger partial charge in [-0.05, 0) is 37.5 Å². The summed E-state index contributed by atoms with van der Waals surface area (Å²) >= 11 is 12.0. The molecule has 9 heteroatoms. The number of carbonyl (C=O) groups excluding carboxylic acids is 1. The fourth-order valence-electron chi connectivity index (χ4n) is 2.99. The largest absolute Gasteiger partial charge is 0.383 e. The first-order valence-electron chi connectivity index (χ1n) is 8.44. The van der Waals surface area contributed by atoms with Crippen molar-refractivity contribution in [3.05, 3.63) is 33.8 Å². The van der Waals surface area contributed by atoms with E-state index in [0.717, 1.165) is 0 Å². The second-order valence-corrected chi connectivity index (χ2v) is 9.37. The molecule has 26 heavy (non-hydrogen) atoms. The number of ether oxygens (including phenoxy) is 1. The van der Waals surface area contributed by atoms with E-state index >= 15 is 0 Å². The molecule has 1 aliphatic heterocycles. The molecule has 1 amide bonds. The lowest BCUT2D eigenvalue weighted by atomic mass is 9.98. The zero-order valence-electron chi connectivity index (χ0n) is 14.9. The van der Waals surface area contributed by atoms with E-state index in [2.05, 4.69) is 5.32 Å². The minimum atomic E-state index is -3.58. The second kappa shape index (κ2) is 9.37. The summed E-state index contributed by atoms with van der Waals surface area (Å²) in [7, 11) is -2.01. The van der Waals surface area contributed by atoms with Gasteiger partial charge in [-0.1, -0.05) is 29.3 Å². The van der Waals surface area contributed by atoms with Crippen molar-refractivity contribution in [1.82, 2.24) is 9.62 Å². The predicted octanol–water partition coefficient (Wildman–Crippen LogP) is 2.69. The predicted molar refractivity (Wildman–Crippen MR) is 103 cm³/mol. The van der Waals surface area contributed by atoms with Crippen LogP contribution in [0.3, 0.4) is 0 Å². The lowest BCUT2D eigenvalue weighted by Crippen LogP contribution is -2.48. The van der Waals surface area contributed by atoms with Gasteiger partial charge in [-0.3, -0.25) is 4.79 Å². The van der Waals surface area contributed by atoms with Crippen molar-refractivity contribution in [2.75, 3.05) is 26.8 Å². The van der Waals surface area contributed by atoms with Crippen LogP contribution in [-0.2, 0) is 25.3 Å². The van der Waals surface area contributed by atoms with Crippen LogP contribution in [0.15, 0.2) is 18.2 Å². The molecule has 0 unspecified atom stereocenters. The Labute approximate surface area is 164 Å². The maximum atomic E-state index is 12.8. The van der Waals surface area contributed by atoms with Crippen LogP contribution in [0, 0.1) is 5.92 Å². The minimum absolute atomic E-state index is 0.118. The summed E-state index contributed by atoms with van der Waals surface area (Å²) in [5.41, 5.74) is 0.497. The molecule has 0 saturated carbocycles. The Morgan fingerprint density at radius 1 is 1.42 bits per heavy atom. The molecule has 6 nitrogen and oxygen atoms in total. The summed E-state index contributed by atoms with van der Waals surface area (Å²) < 4.78 is 31.9. The van der Waals surface area contributed by atoms with Crippen LogP contribution in [0.1, 0.15) is 25.3 Å². The average molecular weight is 423 g/mol. The third kappa shape index (κ3) is 5.82. The third-order valence-corrected chi connectivity index (χ3v) is 6.69. The molecule has 2 atom stereocenters. The average Bonchev–Trinajstić information content (AvgIpc) is 2.57. The SMILES string of the molecule is COC[C@H](C)NC(=O)[C@@H]1CCCN(S(=O)(=O)Cc2ccc(Cl)cc2Cl)C1. The first-order valence-corrected chi connectivity index (χ1v) is 10.8. The van der Waals surface area contributed by atoms with E-state index in [4.69, 9.17) is 27.9 Å². The number of halogens is 2. The number of piperidine rings is 1. The van der Waals surface area contributed by atoms with Crippen molar-refractivity contribution in [3.63, 3.8) is 0 Å². The van der Waals surface area contributed by atoms with E-state index in [-0.39, 0.29) is 30.2 Å². The zero-order chi connectivity index (χ0) is 19.3. The Balaban J connectivity index is 2.04. The summed E-state index contributed by atoms with van der Waals surface area (Å²) in [4.78, 5) is 12.4. The highest BCUT2D eigenvalue weighted by Crippen LogP contribution is 2.26. The first kappa shape index (κ1) is 21.4. The van der Waals surface area contributed by atoms with Gasteiger partial charge in [0.2, 0.25) is 15.9 Å². The number of nitrogens with one attached hydrogen (secondary N) is 1. The van der Waals surface area contributed by atoms with Gasteiger partial charge in [0.05, 0.1) is 18.3 Å². The molecule has 1 aromatic carbocycles. The molecule has 146 valence electrons. The summed E-state index contributed by atoms with van der Waals surface area (Å²) in [6.07, 6.45) is 1.31. The summed E-state index contributed by atoms with van der Waals surface area (Å²) in [5, 5.41) is 3.64. The number of carbonyl (C=O) groups is 1. The van der Waals surface area contributed by atoms with E-state index < -0.39 is 10.0 Å². The van der Waals surface area contributed by atoms with Crippen molar-refractivity contribution in [3.8, 4) is 0 Å². The summed E-state index contributed by atoms with van der Waals surface area (Å²) in [5.74, 6) is -0.713. The van der Waals surface area contributed by atoms with Crippen LogP contribution in [0.25, 0.3) is 0 Å². The van der Waals surface area contributed by atoms with E-state index in [1.165, 1.54) is 10.4 Å². The number of nitrogens with zero attached hydrogens (tertiary/aromatic N) is 1. The van der Waals surface area contributed by atoms with Gasteiger partial charge in [-0.2, -0.15) is 0 Å². The van der Waals surface area contributed by atoms with Crippen LogP contribution < -0.4 is 5.32 Å². The van der Waals surface area contributed by atoms with Gasteiger partial charge < -0.3 is 10.1 Å². The molecule has 1 fully saturated rings. The Morgan fingerprint density at radius 2 is 2.15 bits per heavy atom. The zero-order valence-corrected chi connectivity index (χ0v) is 17.2. The molecule has 0 radical (unpaired) electrons. The van der Waals surface area contributed by atoms with Crippen LogP contribution in [0.5, 0.6) is 0 Å². The number of hydrogen-bond acceptors (Lipinski definition) is 4. The van der Waals surface area contributed by atoms with Crippen molar-refractivity contribution in [2.45, 2.75) is 31.6 Å². The summed E-state index contributed by atoms with van der Waals surface area (Å²) in [6.45, 7) is 2.85. The normalized spacial score (nSPS) is 19.9. The van der Waals surface area contributed by atoms with Crippen molar-refractivity contribution in [2.24, 2.45) is 5.92 Å². The number of sulfonamides is 1. The van der Waals surface area contributed by atoms with Crippen LogP contribution in [0.4, 0.5) is 0 Å². The van der Waals surface area contributed by atoms with Gasteiger partial charge in [0.1, 0.15) is 0 Å².